The zero-order chi connectivity index (χ0) is 15.2. The SMILES string of the molecule is COC(=O)C1CN(CCOc2ccccc2OC)CC1C. The predicted octanol–water partition coefficient (Wildman–Crippen LogP) is 1.81. The fourth-order valence-electron chi connectivity index (χ4n) is 2.73. The summed E-state index contributed by atoms with van der Waals surface area (Å²) in [4.78, 5) is 13.9. The summed E-state index contributed by atoms with van der Waals surface area (Å²) in [7, 11) is 3.08. The molecule has 0 saturated carbocycles. The molecule has 21 heavy (non-hydrogen) atoms. The van der Waals surface area contributed by atoms with Gasteiger partial charge in [0.25, 0.3) is 0 Å². The van der Waals surface area contributed by atoms with Crippen molar-refractivity contribution in [1.29, 1.82) is 0 Å². The van der Waals surface area contributed by atoms with Gasteiger partial charge in [-0.1, -0.05) is 19.1 Å². The molecule has 2 rings (SSSR count). The van der Waals surface area contributed by atoms with Gasteiger partial charge in [0.1, 0.15) is 6.61 Å². The Bertz CT molecular complexity index is 477. The number of carbonyl (C=O) groups excluding carboxylic acids is 1. The van der Waals surface area contributed by atoms with E-state index in [0.717, 1.165) is 31.1 Å². The lowest BCUT2D eigenvalue weighted by molar-refractivity contribution is -0.146. The first-order chi connectivity index (χ1) is 10.2. The summed E-state index contributed by atoms with van der Waals surface area (Å²) in [5.74, 6) is 1.66. The number of likely N-dealkylation sites (tertiary alicyclic amines) is 1. The van der Waals surface area contributed by atoms with Gasteiger partial charge in [-0.15, -0.1) is 0 Å². The van der Waals surface area contributed by atoms with Crippen molar-refractivity contribution >= 4 is 5.97 Å². The third kappa shape index (κ3) is 3.88. The van der Waals surface area contributed by atoms with Crippen molar-refractivity contribution in [3.63, 3.8) is 0 Å². The van der Waals surface area contributed by atoms with Gasteiger partial charge in [-0.05, 0) is 18.1 Å². The van der Waals surface area contributed by atoms with Gasteiger partial charge < -0.3 is 14.2 Å². The van der Waals surface area contributed by atoms with Crippen LogP contribution >= 0.6 is 0 Å². The second-order valence-corrected chi connectivity index (χ2v) is 5.37. The van der Waals surface area contributed by atoms with Gasteiger partial charge in [-0.2, -0.15) is 0 Å². The number of esters is 1. The van der Waals surface area contributed by atoms with Gasteiger partial charge >= 0.3 is 5.97 Å². The van der Waals surface area contributed by atoms with Crippen LogP contribution in [0.3, 0.4) is 0 Å². The molecule has 116 valence electrons. The minimum atomic E-state index is -0.115. The lowest BCUT2D eigenvalue weighted by Gasteiger charge is -2.16. The van der Waals surface area contributed by atoms with Gasteiger partial charge in [-0.25, -0.2) is 0 Å². The highest BCUT2D eigenvalue weighted by atomic mass is 16.5. The topological polar surface area (TPSA) is 48.0 Å². The molecule has 1 aromatic carbocycles. The van der Waals surface area contributed by atoms with Gasteiger partial charge in [0.2, 0.25) is 0 Å². The number of ether oxygens (including phenoxy) is 3. The molecule has 0 amide bonds. The van der Waals surface area contributed by atoms with E-state index >= 15 is 0 Å². The molecule has 0 radical (unpaired) electrons. The van der Waals surface area contributed by atoms with Crippen LogP contribution in [-0.2, 0) is 9.53 Å². The van der Waals surface area contributed by atoms with Crippen LogP contribution in [0.4, 0.5) is 0 Å². The maximum Gasteiger partial charge on any atom is 0.310 e. The quantitative estimate of drug-likeness (QED) is 0.749. The molecule has 2 unspecified atom stereocenters. The molecule has 1 aromatic rings. The molecule has 1 aliphatic heterocycles. The van der Waals surface area contributed by atoms with Crippen LogP contribution < -0.4 is 9.47 Å². The summed E-state index contributed by atoms with van der Waals surface area (Å²) in [5.41, 5.74) is 0. The van der Waals surface area contributed by atoms with Crippen LogP contribution in [0, 0.1) is 11.8 Å². The number of hydrogen-bond donors (Lipinski definition) is 0. The molecular weight excluding hydrogens is 270 g/mol. The maximum absolute atomic E-state index is 11.7. The second kappa shape index (κ2) is 7.31. The number of hydrogen-bond acceptors (Lipinski definition) is 5. The molecule has 1 heterocycles. The van der Waals surface area contributed by atoms with E-state index in [1.54, 1.807) is 7.11 Å². The Kier molecular flexibility index (Phi) is 5.44. The predicted molar refractivity (Wildman–Crippen MR) is 79.6 cm³/mol. The van der Waals surface area contributed by atoms with Crippen LogP contribution in [0.1, 0.15) is 6.92 Å². The Balaban J connectivity index is 1.81. The molecule has 0 bridgehead atoms. The number of carbonyl (C=O) groups is 1. The Hall–Kier alpha value is -1.75. The first-order valence-corrected chi connectivity index (χ1v) is 7.21. The standard InChI is InChI=1S/C16H23NO4/c1-12-10-17(11-13(12)16(18)20-3)8-9-21-15-7-5-4-6-14(15)19-2/h4-7,12-13H,8-11H2,1-3H3. The van der Waals surface area contributed by atoms with Crippen molar-refractivity contribution in [2.24, 2.45) is 11.8 Å². The van der Waals surface area contributed by atoms with Crippen LogP contribution in [0.15, 0.2) is 24.3 Å². The lowest BCUT2D eigenvalue weighted by atomic mass is 9.99. The highest BCUT2D eigenvalue weighted by Gasteiger charge is 2.35. The molecule has 0 N–H and O–H groups in total. The molecule has 0 aliphatic carbocycles. The Morgan fingerprint density at radius 1 is 1.24 bits per heavy atom. The minimum Gasteiger partial charge on any atom is -0.493 e. The molecule has 2 atom stereocenters. The van der Waals surface area contributed by atoms with E-state index in [9.17, 15) is 4.79 Å². The molecule has 1 saturated heterocycles. The molecule has 0 aromatic heterocycles. The highest BCUT2D eigenvalue weighted by molar-refractivity contribution is 5.73. The average Bonchev–Trinajstić information content (AvgIpc) is 2.88. The summed E-state index contributed by atoms with van der Waals surface area (Å²) in [6.45, 7) is 5.08. The van der Waals surface area contributed by atoms with Crippen LogP contribution in [0.2, 0.25) is 0 Å². The van der Waals surface area contributed by atoms with Crippen molar-refractivity contribution in [1.82, 2.24) is 4.90 Å². The number of rotatable bonds is 6. The van der Waals surface area contributed by atoms with Crippen molar-refractivity contribution in [3.05, 3.63) is 24.3 Å². The van der Waals surface area contributed by atoms with Gasteiger partial charge in [-0.3, -0.25) is 9.69 Å². The number of benzene rings is 1. The van der Waals surface area contributed by atoms with E-state index in [0.29, 0.717) is 12.5 Å². The average molecular weight is 293 g/mol. The van der Waals surface area contributed by atoms with E-state index in [1.807, 2.05) is 24.3 Å². The largest absolute Gasteiger partial charge is 0.493 e. The fraction of sp³-hybridized carbons (Fsp3) is 0.562. The Morgan fingerprint density at radius 2 is 1.95 bits per heavy atom. The number of para-hydroxylation sites is 2. The van der Waals surface area contributed by atoms with Crippen molar-refractivity contribution in [2.75, 3.05) is 40.5 Å². The molecule has 5 heteroatoms. The number of methoxy groups -OCH3 is 2. The van der Waals surface area contributed by atoms with Crippen molar-refractivity contribution in [3.8, 4) is 11.5 Å². The lowest BCUT2D eigenvalue weighted by Crippen LogP contribution is -2.28. The van der Waals surface area contributed by atoms with E-state index < -0.39 is 0 Å². The fourth-order valence-corrected chi connectivity index (χ4v) is 2.73. The van der Waals surface area contributed by atoms with Crippen molar-refractivity contribution in [2.45, 2.75) is 6.92 Å². The van der Waals surface area contributed by atoms with Crippen LogP contribution in [0.5, 0.6) is 11.5 Å². The smallest absolute Gasteiger partial charge is 0.310 e. The monoisotopic (exact) mass is 293 g/mol. The molecule has 0 spiro atoms. The first kappa shape index (κ1) is 15.6. The zero-order valence-corrected chi connectivity index (χ0v) is 12.9. The first-order valence-electron chi connectivity index (χ1n) is 7.21. The van der Waals surface area contributed by atoms with E-state index in [1.165, 1.54) is 7.11 Å². The highest BCUT2D eigenvalue weighted by Crippen LogP contribution is 2.26. The second-order valence-electron chi connectivity index (χ2n) is 5.37. The molecule has 1 fully saturated rings. The summed E-state index contributed by atoms with van der Waals surface area (Å²) < 4.78 is 15.9. The maximum atomic E-state index is 11.7. The van der Waals surface area contributed by atoms with Crippen LogP contribution in [-0.4, -0.2) is 51.3 Å². The van der Waals surface area contributed by atoms with E-state index in [-0.39, 0.29) is 11.9 Å². The van der Waals surface area contributed by atoms with E-state index in [4.69, 9.17) is 14.2 Å². The van der Waals surface area contributed by atoms with E-state index in [2.05, 4.69) is 11.8 Å². The van der Waals surface area contributed by atoms with Gasteiger partial charge in [0.15, 0.2) is 11.5 Å². The Labute approximate surface area is 125 Å². The van der Waals surface area contributed by atoms with Gasteiger partial charge in [0.05, 0.1) is 20.1 Å². The summed E-state index contributed by atoms with van der Waals surface area (Å²) in [6, 6.07) is 7.60. The minimum absolute atomic E-state index is 0.0266. The summed E-state index contributed by atoms with van der Waals surface area (Å²) in [5, 5.41) is 0. The zero-order valence-electron chi connectivity index (χ0n) is 12.9. The summed E-state index contributed by atoms with van der Waals surface area (Å²) in [6.07, 6.45) is 0. The Morgan fingerprint density at radius 3 is 2.62 bits per heavy atom. The summed E-state index contributed by atoms with van der Waals surface area (Å²) >= 11 is 0. The normalized spacial score (nSPS) is 22.0. The molecule has 1 aliphatic rings. The van der Waals surface area contributed by atoms with Crippen LogP contribution in [0.25, 0.3) is 0 Å². The third-order valence-corrected chi connectivity index (χ3v) is 3.93. The molecular formula is C16H23NO4. The van der Waals surface area contributed by atoms with Gasteiger partial charge in [0, 0.05) is 19.6 Å². The number of nitrogens with zero attached hydrogens (tertiary/aromatic N) is 1. The molecule has 5 nitrogen and oxygen atoms in total. The third-order valence-electron chi connectivity index (χ3n) is 3.93. The van der Waals surface area contributed by atoms with Crippen molar-refractivity contribution < 1.29 is 19.0 Å².